The lowest BCUT2D eigenvalue weighted by Crippen LogP contribution is -2.50. The summed E-state index contributed by atoms with van der Waals surface area (Å²) in [5.41, 5.74) is -8.87. The molecular weight excluding hydrogens is 543 g/mol. The maximum atomic E-state index is 14.4. The number of nitrogens with one attached hydrogen (secondary N) is 2. The normalized spacial score (nSPS) is 14.4. The van der Waals surface area contributed by atoms with Gasteiger partial charge in [-0.2, -0.15) is 26.3 Å². The molecule has 2 rings (SSSR count). The van der Waals surface area contributed by atoms with E-state index in [0.717, 1.165) is 6.92 Å². The van der Waals surface area contributed by atoms with Crippen molar-refractivity contribution in [1.82, 2.24) is 5.32 Å². The van der Waals surface area contributed by atoms with Gasteiger partial charge in [0, 0.05) is 32.6 Å². The van der Waals surface area contributed by atoms with Crippen molar-refractivity contribution in [1.29, 1.82) is 0 Å². The molecule has 0 aromatic heterocycles. The fourth-order valence-corrected chi connectivity index (χ4v) is 5.05. The molecular formula is C24H26F7N3O3S. The predicted octanol–water partition coefficient (Wildman–Crippen LogP) is 4.94. The van der Waals surface area contributed by atoms with Crippen LogP contribution in [0.15, 0.2) is 36.4 Å². The quantitative estimate of drug-likeness (QED) is 0.339. The van der Waals surface area contributed by atoms with Crippen molar-refractivity contribution in [2.45, 2.75) is 51.3 Å². The fraction of sp³-hybridized carbons (Fsp3) is 0.375. The molecule has 2 aromatic rings. The number of alkyl halides is 7. The minimum absolute atomic E-state index is 0.0858. The zero-order valence-electron chi connectivity index (χ0n) is 20.9. The Bertz CT molecular complexity index is 1350. The minimum atomic E-state index is -6.29. The lowest BCUT2D eigenvalue weighted by atomic mass is 9.92. The zero-order chi connectivity index (χ0) is 29.5. The van der Waals surface area contributed by atoms with Crippen LogP contribution < -0.4 is 15.8 Å². The van der Waals surface area contributed by atoms with Crippen LogP contribution in [0, 0.1) is 13.8 Å². The van der Waals surface area contributed by atoms with Gasteiger partial charge in [0.2, 0.25) is 0 Å². The second kappa shape index (κ2) is 10.2. The van der Waals surface area contributed by atoms with E-state index in [4.69, 9.17) is 5.14 Å². The van der Waals surface area contributed by atoms with Crippen LogP contribution in [-0.2, 0) is 15.4 Å². The van der Waals surface area contributed by atoms with Gasteiger partial charge in [-0.05, 0) is 51.0 Å². The maximum Gasteiger partial charge on any atom is 0.435 e. The summed E-state index contributed by atoms with van der Waals surface area (Å²) in [6.45, 7) is 5.67. The Balaban J connectivity index is 2.46. The Labute approximate surface area is 214 Å². The Morgan fingerprint density at radius 2 is 1.45 bits per heavy atom. The molecule has 6 nitrogen and oxygen atoms in total. The Kier molecular flexibility index (Phi) is 8.35. The molecule has 210 valence electrons. The average Bonchev–Trinajstić information content (AvgIpc) is 2.70. The molecule has 0 saturated heterocycles. The first-order valence-corrected chi connectivity index (χ1v) is 12.9. The number of carbonyl (C=O) groups excluding carboxylic acids is 2. The first-order valence-electron chi connectivity index (χ1n) is 10.8. The Hall–Kier alpha value is -3.13. The van der Waals surface area contributed by atoms with E-state index in [1.165, 1.54) is 50.6 Å². The number of halogens is 7. The molecule has 0 saturated carbocycles. The molecule has 4 N–H and O–H groups in total. The number of rotatable bonds is 6. The largest absolute Gasteiger partial charge is 0.435 e. The molecule has 1 unspecified atom stereocenters. The average molecular weight is 570 g/mol. The van der Waals surface area contributed by atoms with Gasteiger partial charge in [-0.1, -0.05) is 24.3 Å². The second-order valence-electron chi connectivity index (χ2n) is 9.40. The van der Waals surface area contributed by atoms with Crippen molar-refractivity contribution >= 4 is 32.6 Å². The van der Waals surface area contributed by atoms with E-state index >= 15 is 0 Å². The molecule has 2 aromatic carbocycles. The number of carbonyl (C=O) groups is 2. The van der Waals surface area contributed by atoms with E-state index in [2.05, 4.69) is 10.6 Å². The highest BCUT2D eigenvalue weighted by Gasteiger charge is 2.73. The van der Waals surface area contributed by atoms with Crippen LogP contribution in [0.5, 0.6) is 0 Å². The van der Waals surface area contributed by atoms with Crippen LogP contribution in [0.4, 0.5) is 36.4 Å². The van der Waals surface area contributed by atoms with Gasteiger partial charge in [-0.15, -0.1) is 0 Å². The highest BCUT2D eigenvalue weighted by molar-refractivity contribution is 7.98. The number of hydrogen-bond donors (Lipinski definition) is 3. The molecule has 0 aliphatic heterocycles. The van der Waals surface area contributed by atoms with Gasteiger partial charge < -0.3 is 10.6 Å². The summed E-state index contributed by atoms with van der Waals surface area (Å²) in [6.07, 6.45) is -11.3. The van der Waals surface area contributed by atoms with E-state index in [9.17, 15) is 44.5 Å². The zero-order valence-corrected chi connectivity index (χ0v) is 21.7. The van der Waals surface area contributed by atoms with E-state index in [0.29, 0.717) is 17.7 Å². The van der Waals surface area contributed by atoms with Gasteiger partial charge in [0.15, 0.2) is 0 Å². The molecule has 1 atom stereocenters. The first kappa shape index (κ1) is 31.1. The summed E-state index contributed by atoms with van der Waals surface area (Å²) in [5, 5.41) is 11.7. The van der Waals surface area contributed by atoms with Crippen molar-refractivity contribution in [3.63, 3.8) is 0 Å². The van der Waals surface area contributed by atoms with Crippen molar-refractivity contribution in [2.75, 3.05) is 11.6 Å². The predicted molar refractivity (Wildman–Crippen MR) is 131 cm³/mol. The molecule has 0 aliphatic rings. The number of anilines is 1. The number of hydrogen-bond acceptors (Lipinski definition) is 3. The molecule has 2 amide bonds. The Morgan fingerprint density at radius 3 is 1.92 bits per heavy atom. The number of amides is 2. The summed E-state index contributed by atoms with van der Waals surface area (Å²) < 4.78 is 105. The van der Waals surface area contributed by atoms with Crippen molar-refractivity contribution in [2.24, 2.45) is 5.14 Å². The summed E-state index contributed by atoms with van der Waals surface area (Å²) in [7, 11) is -2.86. The fourth-order valence-electron chi connectivity index (χ4n) is 3.82. The molecule has 0 fully saturated rings. The van der Waals surface area contributed by atoms with Crippen LogP contribution >= 0.6 is 0 Å². The third kappa shape index (κ3) is 6.65. The van der Waals surface area contributed by atoms with E-state index in [1.807, 2.05) is 0 Å². The van der Waals surface area contributed by atoms with Gasteiger partial charge in [0.05, 0.1) is 16.7 Å². The highest BCUT2D eigenvalue weighted by atomic mass is 32.2. The standard InChI is InChI=1S/C24H26F7N3O3S/c1-13-7-6-8-16(18(13)20(36)34-21(3,4)12-38(5,32)37)19(35)33-17-10-9-15(11-14(17)2)22(25,23(26,27)28)24(29,30)31/h6-12H,1-5H3,(H2,32,37)(H,33,35)(H,34,36). The molecule has 0 spiro atoms. The third-order valence-corrected chi connectivity index (χ3v) is 6.42. The molecule has 0 bridgehead atoms. The van der Waals surface area contributed by atoms with Crippen LogP contribution in [0.2, 0.25) is 0 Å². The molecule has 14 heteroatoms. The summed E-state index contributed by atoms with van der Waals surface area (Å²) in [4.78, 5) is 26.1. The van der Waals surface area contributed by atoms with Gasteiger partial charge in [-0.3, -0.25) is 18.9 Å². The lowest BCUT2D eigenvalue weighted by Gasteiger charge is -2.30. The maximum absolute atomic E-state index is 14.4. The number of aryl methyl sites for hydroxylation is 2. The van der Waals surface area contributed by atoms with Crippen LogP contribution in [0.25, 0.3) is 0 Å². The second-order valence-corrected chi connectivity index (χ2v) is 11.6. The monoisotopic (exact) mass is 569 g/mol. The third-order valence-electron chi connectivity index (χ3n) is 5.36. The van der Waals surface area contributed by atoms with Crippen molar-refractivity contribution in [3.8, 4) is 0 Å². The van der Waals surface area contributed by atoms with Gasteiger partial charge in [0.1, 0.15) is 0 Å². The van der Waals surface area contributed by atoms with Gasteiger partial charge in [-0.25, -0.2) is 4.39 Å². The summed E-state index contributed by atoms with van der Waals surface area (Å²) in [6, 6.07) is 5.60. The number of nitrogens with two attached hydrogens (primary N) is 1. The van der Waals surface area contributed by atoms with Crippen LogP contribution in [0.3, 0.4) is 0 Å². The number of benzene rings is 2. The molecule has 0 aliphatic carbocycles. The molecule has 0 radical (unpaired) electrons. The lowest BCUT2D eigenvalue weighted by molar-refractivity contribution is -0.348. The van der Waals surface area contributed by atoms with E-state index in [1.54, 1.807) is 0 Å². The molecule has 38 heavy (non-hydrogen) atoms. The van der Waals surface area contributed by atoms with Crippen molar-refractivity contribution in [3.05, 3.63) is 64.2 Å². The van der Waals surface area contributed by atoms with Crippen molar-refractivity contribution < 1.29 is 44.5 Å². The first-order chi connectivity index (χ1) is 17.0. The van der Waals surface area contributed by atoms with Gasteiger partial charge in [0.25, 0.3) is 11.8 Å². The molecule has 0 heterocycles. The van der Waals surface area contributed by atoms with E-state index in [-0.39, 0.29) is 28.4 Å². The minimum Gasteiger partial charge on any atom is -0.343 e. The van der Waals surface area contributed by atoms with Gasteiger partial charge >= 0.3 is 18.0 Å². The van der Waals surface area contributed by atoms with Crippen LogP contribution in [0.1, 0.15) is 51.3 Å². The van der Waals surface area contributed by atoms with E-state index < -0.39 is 50.6 Å². The SMILES string of the molecule is Cc1cc(C(F)(C(F)(F)F)C(F)(F)F)ccc1NC(=O)c1cccc(C)c1C(=O)NC(C)(C)C=S(C)(N)=O. The Morgan fingerprint density at radius 1 is 0.895 bits per heavy atom. The topological polar surface area (TPSA) is 101 Å². The highest BCUT2D eigenvalue weighted by Crippen LogP contribution is 2.53. The summed E-state index contributed by atoms with van der Waals surface area (Å²) in [5.74, 6) is -1.64. The van der Waals surface area contributed by atoms with Crippen LogP contribution in [-0.4, -0.2) is 45.5 Å². The summed E-state index contributed by atoms with van der Waals surface area (Å²) >= 11 is 0. The smallest absolute Gasteiger partial charge is 0.343 e.